The first-order chi connectivity index (χ1) is 23.4. The second-order valence-electron chi connectivity index (χ2n) is 13.7. The smallest absolute Gasteiger partial charge is 0.312 e. The summed E-state index contributed by atoms with van der Waals surface area (Å²) in [5.74, 6) is -6.66. The quantitative estimate of drug-likeness (QED) is 0.246. The van der Waals surface area contributed by atoms with Gasteiger partial charge in [-0.2, -0.15) is 0 Å². The summed E-state index contributed by atoms with van der Waals surface area (Å²) in [4.78, 5) is 39.3. The van der Waals surface area contributed by atoms with Crippen LogP contribution in [-0.4, -0.2) is 80.5 Å². The Hall–Kier alpha value is -4.01. The van der Waals surface area contributed by atoms with Crippen molar-refractivity contribution in [1.29, 1.82) is 0 Å². The van der Waals surface area contributed by atoms with Crippen molar-refractivity contribution in [3.8, 4) is 11.5 Å². The Labute approximate surface area is 291 Å². The molecule has 0 spiro atoms. The van der Waals surface area contributed by atoms with Crippen LogP contribution in [0.1, 0.15) is 87.7 Å². The fourth-order valence-electron chi connectivity index (χ4n) is 6.91. The van der Waals surface area contributed by atoms with Gasteiger partial charge in [-0.3, -0.25) is 14.4 Å². The number of phenolic OH excluding ortho intramolecular Hbond substituents is 1. The van der Waals surface area contributed by atoms with Gasteiger partial charge in [0.2, 0.25) is 0 Å². The van der Waals surface area contributed by atoms with Gasteiger partial charge in [0.25, 0.3) is 11.7 Å². The van der Waals surface area contributed by atoms with E-state index in [-0.39, 0.29) is 39.3 Å². The third-order valence-corrected chi connectivity index (χ3v) is 10.1. The molecule has 1 aromatic rings. The average Bonchev–Trinajstić information content (AvgIpc) is 3.33. The van der Waals surface area contributed by atoms with Gasteiger partial charge in [-0.05, 0) is 26.0 Å². The molecule has 2 unspecified atom stereocenters. The van der Waals surface area contributed by atoms with E-state index in [4.69, 9.17) is 18.9 Å². The summed E-state index contributed by atoms with van der Waals surface area (Å²) in [5.41, 5.74) is -0.0951. The highest BCUT2D eigenvalue weighted by Crippen LogP contribution is 2.52. The maximum Gasteiger partial charge on any atom is 0.312 e. The summed E-state index contributed by atoms with van der Waals surface area (Å²) in [6.45, 7) is 12.6. The van der Waals surface area contributed by atoms with Crippen LogP contribution >= 0.6 is 0 Å². The Kier molecular flexibility index (Phi) is 11.7. The van der Waals surface area contributed by atoms with Crippen molar-refractivity contribution >= 4 is 17.7 Å². The van der Waals surface area contributed by atoms with Gasteiger partial charge in [0.1, 0.15) is 29.8 Å². The number of rotatable bonds is 2. The number of esters is 1. The van der Waals surface area contributed by atoms with Crippen molar-refractivity contribution in [2.75, 3.05) is 7.11 Å². The predicted molar refractivity (Wildman–Crippen MR) is 180 cm³/mol. The normalized spacial score (nSPS) is 37.4. The molecule has 11 atom stereocenters. The van der Waals surface area contributed by atoms with Crippen molar-refractivity contribution in [1.82, 2.24) is 5.32 Å². The lowest BCUT2D eigenvalue weighted by molar-refractivity contribution is -0.160. The highest BCUT2D eigenvalue weighted by Gasteiger charge is 2.51. The summed E-state index contributed by atoms with van der Waals surface area (Å²) in [6.07, 6.45) is 1.74. The van der Waals surface area contributed by atoms with Crippen LogP contribution < -0.4 is 10.1 Å². The number of benzene rings is 1. The topological polar surface area (TPSA) is 201 Å². The van der Waals surface area contributed by atoms with Gasteiger partial charge >= 0.3 is 11.8 Å². The number of Topliss-reactive ketones (excluding diaryl/α,β-unsaturated/α-hetero) is 1. The van der Waals surface area contributed by atoms with Gasteiger partial charge in [-0.1, -0.05) is 45.9 Å². The maximum atomic E-state index is 13.9. The SMILES string of the molecule is CO[C@H]1/C=C/O[C@@]2(C)Oc3c(C)c(O)c4c(c3C2=O)C(O)C=C(NC(=O)/C(C)=C\C=C\[C@H](C)[C@H](O)[C@@H](C)[C@@H](O)[C@@H](C)[C@H](OC(C)=O)[C@@H]1C)C4O. The Morgan fingerprint density at radius 2 is 1.62 bits per heavy atom. The van der Waals surface area contributed by atoms with Gasteiger partial charge in [0, 0.05) is 66.9 Å². The van der Waals surface area contributed by atoms with Crippen LogP contribution in [0.2, 0.25) is 0 Å². The first kappa shape index (κ1) is 38.8. The molecule has 1 aliphatic carbocycles. The van der Waals surface area contributed by atoms with Crippen molar-refractivity contribution in [3.05, 3.63) is 70.2 Å². The molecule has 6 N–H and O–H groups in total. The highest BCUT2D eigenvalue weighted by molar-refractivity contribution is 6.09. The number of fused-ring (bicyclic) bond motifs is 14. The number of methoxy groups -OCH3 is 1. The van der Waals surface area contributed by atoms with Crippen LogP contribution in [0.25, 0.3) is 0 Å². The highest BCUT2D eigenvalue weighted by atomic mass is 16.7. The molecule has 274 valence electrons. The number of nitrogens with one attached hydrogen (secondary N) is 1. The van der Waals surface area contributed by atoms with Gasteiger partial charge in [-0.15, -0.1) is 0 Å². The van der Waals surface area contributed by atoms with Gasteiger partial charge in [0.05, 0.1) is 35.8 Å². The Balaban J connectivity index is 1.82. The summed E-state index contributed by atoms with van der Waals surface area (Å²) in [6, 6.07) is 0. The number of carbonyl (C=O) groups is 3. The fourth-order valence-corrected chi connectivity index (χ4v) is 6.91. The molecule has 5 bridgehead atoms. The van der Waals surface area contributed by atoms with Crippen LogP contribution in [0.3, 0.4) is 0 Å². The van der Waals surface area contributed by atoms with Gasteiger partial charge in [0.15, 0.2) is 0 Å². The number of ketones is 1. The lowest BCUT2D eigenvalue weighted by Gasteiger charge is -2.38. The van der Waals surface area contributed by atoms with Crippen molar-refractivity contribution in [3.63, 3.8) is 0 Å². The zero-order valence-electron chi connectivity index (χ0n) is 29.8. The summed E-state index contributed by atoms with van der Waals surface area (Å²) in [5, 5.41) is 58.9. The van der Waals surface area contributed by atoms with E-state index in [1.165, 1.54) is 59.3 Å². The third-order valence-electron chi connectivity index (χ3n) is 10.1. The van der Waals surface area contributed by atoms with E-state index < -0.39 is 89.5 Å². The molecule has 0 aromatic heterocycles. The predicted octanol–water partition coefficient (Wildman–Crippen LogP) is 3.33. The molecule has 1 amide bonds. The number of aliphatic hydroxyl groups excluding tert-OH is 4. The number of phenols is 1. The first-order valence-electron chi connectivity index (χ1n) is 16.6. The molecular formula is C37H49NO12. The summed E-state index contributed by atoms with van der Waals surface area (Å²) in [7, 11) is 1.44. The van der Waals surface area contributed by atoms with Crippen molar-refractivity contribution < 1.29 is 58.9 Å². The standard InChI is InChI=1S/C37H49NO12/c1-16-11-10-12-17(2)36(46)38-23-15-24(40)26-27(32(23)44)31(43)21(6)34-28(26)35(45)37(8,50-34)48-14-13-25(47-9)18(3)33(49-22(7)39)20(5)30(42)19(4)29(16)41/h10-16,18-20,24-25,29-30,32-33,40-44H,1-9H3,(H,38,46)/b11-10+,14-13+,17-12-/t16-,18+,19+,20+,24?,25-,29-,30+,32?,33+,37-/m0/s1. The number of aromatic hydroxyl groups is 1. The van der Waals surface area contributed by atoms with Crippen LogP contribution in [0, 0.1) is 30.6 Å². The second-order valence-corrected chi connectivity index (χ2v) is 13.7. The maximum absolute atomic E-state index is 13.9. The average molecular weight is 700 g/mol. The zero-order chi connectivity index (χ0) is 37.4. The van der Waals surface area contributed by atoms with E-state index in [9.17, 15) is 39.9 Å². The molecule has 1 aromatic carbocycles. The molecule has 0 radical (unpaired) electrons. The lowest BCUT2D eigenvalue weighted by Crippen LogP contribution is -2.46. The number of ether oxygens (including phenoxy) is 4. The van der Waals surface area contributed by atoms with E-state index in [1.54, 1.807) is 39.8 Å². The number of aliphatic hydroxyl groups is 4. The van der Waals surface area contributed by atoms with Crippen LogP contribution in [0.5, 0.6) is 11.5 Å². The number of carbonyl (C=O) groups excluding carboxylic acids is 3. The third kappa shape index (κ3) is 7.24. The summed E-state index contributed by atoms with van der Waals surface area (Å²) < 4.78 is 23.2. The molecule has 0 fully saturated rings. The van der Waals surface area contributed by atoms with Gasteiger partial charge in [-0.25, -0.2) is 0 Å². The Morgan fingerprint density at radius 1 is 0.960 bits per heavy atom. The Morgan fingerprint density at radius 3 is 2.24 bits per heavy atom. The van der Waals surface area contributed by atoms with Crippen LogP contribution in [-0.2, 0) is 23.8 Å². The number of hydrogen-bond donors (Lipinski definition) is 6. The molecule has 3 heterocycles. The number of amides is 1. The zero-order valence-corrected chi connectivity index (χ0v) is 29.8. The van der Waals surface area contributed by atoms with Crippen LogP contribution in [0.15, 0.2) is 47.9 Å². The molecule has 4 aliphatic rings. The molecule has 5 rings (SSSR count). The van der Waals surface area contributed by atoms with E-state index in [0.717, 1.165) is 0 Å². The van der Waals surface area contributed by atoms with E-state index in [2.05, 4.69) is 5.32 Å². The molecular weight excluding hydrogens is 650 g/mol. The minimum absolute atomic E-state index is 0.0368. The first-order valence-corrected chi connectivity index (χ1v) is 16.6. The van der Waals surface area contributed by atoms with E-state index >= 15 is 0 Å². The Bertz CT molecular complexity index is 1630. The minimum Gasteiger partial charge on any atom is -0.507 e. The van der Waals surface area contributed by atoms with Crippen molar-refractivity contribution in [2.24, 2.45) is 23.7 Å². The molecule has 13 heteroatoms. The second kappa shape index (κ2) is 15.1. The van der Waals surface area contributed by atoms with Gasteiger partial charge < -0.3 is 49.8 Å². The van der Waals surface area contributed by atoms with E-state index in [1.807, 2.05) is 0 Å². The number of allylic oxidation sites excluding steroid dienone is 2. The lowest BCUT2D eigenvalue weighted by atomic mass is 9.78. The largest absolute Gasteiger partial charge is 0.507 e. The monoisotopic (exact) mass is 699 g/mol. The summed E-state index contributed by atoms with van der Waals surface area (Å²) >= 11 is 0. The fraction of sp³-hybridized carbons (Fsp3) is 0.541. The molecule has 13 nitrogen and oxygen atoms in total. The van der Waals surface area contributed by atoms with Crippen LogP contribution in [0.4, 0.5) is 0 Å². The molecule has 50 heavy (non-hydrogen) atoms. The van der Waals surface area contributed by atoms with E-state index in [0.29, 0.717) is 0 Å². The van der Waals surface area contributed by atoms with Crippen molar-refractivity contribution in [2.45, 2.75) is 97.8 Å². The number of hydrogen-bond acceptors (Lipinski definition) is 12. The molecule has 0 saturated carbocycles. The molecule has 0 saturated heterocycles. The minimum atomic E-state index is -1.96. The molecule has 3 aliphatic heterocycles.